The zero-order valence-corrected chi connectivity index (χ0v) is 14.8. The molecule has 0 unspecified atom stereocenters. The van der Waals surface area contributed by atoms with Crippen LogP contribution in [0.5, 0.6) is 0 Å². The molecule has 1 aromatic carbocycles. The second kappa shape index (κ2) is 7.38. The summed E-state index contributed by atoms with van der Waals surface area (Å²) in [6.07, 6.45) is -2.09. The number of benzene rings is 1. The molecule has 0 saturated carbocycles. The number of aliphatic carboxylic acids is 1. The van der Waals surface area contributed by atoms with Crippen LogP contribution in [-0.4, -0.2) is 55.9 Å². The number of halogens is 3. The van der Waals surface area contributed by atoms with Gasteiger partial charge in [0, 0.05) is 49.4 Å². The van der Waals surface area contributed by atoms with E-state index in [1.165, 1.54) is 38.3 Å². The van der Waals surface area contributed by atoms with E-state index in [9.17, 15) is 18.0 Å². The molecule has 3 heterocycles. The summed E-state index contributed by atoms with van der Waals surface area (Å²) in [6, 6.07) is 8.51. The number of alkyl halides is 3. The number of carbonyl (C=O) groups excluding carboxylic acids is 1. The molecule has 3 fully saturated rings. The van der Waals surface area contributed by atoms with Crippen molar-refractivity contribution in [3.05, 3.63) is 24.3 Å². The minimum absolute atomic E-state index is 0.262. The number of carbonyl (C=O) groups is 2. The van der Waals surface area contributed by atoms with E-state index in [1.54, 1.807) is 0 Å². The molecule has 4 rings (SSSR count). The van der Waals surface area contributed by atoms with Crippen molar-refractivity contribution in [3.63, 3.8) is 0 Å². The monoisotopic (exact) mass is 385 g/mol. The Morgan fingerprint density at radius 2 is 1.74 bits per heavy atom. The van der Waals surface area contributed by atoms with Crippen LogP contribution in [0, 0.1) is 5.41 Å². The minimum Gasteiger partial charge on any atom is -0.475 e. The molecule has 27 heavy (non-hydrogen) atoms. The first-order valence-electron chi connectivity index (χ1n) is 8.86. The molecule has 6 nitrogen and oxygen atoms in total. The Bertz CT molecular complexity index is 692. The third kappa shape index (κ3) is 4.35. The van der Waals surface area contributed by atoms with Gasteiger partial charge in [-0.3, -0.25) is 4.79 Å². The molecular weight excluding hydrogens is 363 g/mol. The highest BCUT2D eigenvalue weighted by molar-refractivity contribution is 5.95. The predicted molar refractivity (Wildman–Crippen MR) is 93.9 cm³/mol. The first-order chi connectivity index (χ1) is 12.7. The molecule has 1 amide bonds. The number of rotatable bonds is 2. The maximum Gasteiger partial charge on any atom is 0.490 e. The van der Waals surface area contributed by atoms with Gasteiger partial charge in [-0.2, -0.15) is 13.2 Å². The van der Waals surface area contributed by atoms with Crippen LogP contribution in [0.2, 0.25) is 0 Å². The summed E-state index contributed by atoms with van der Waals surface area (Å²) in [5, 5.41) is 10.6. The van der Waals surface area contributed by atoms with Crippen molar-refractivity contribution in [2.75, 3.05) is 42.5 Å². The molecule has 1 spiro atoms. The van der Waals surface area contributed by atoms with E-state index in [0.717, 1.165) is 18.7 Å². The Kier molecular flexibility index (Phi) is 5.32. The maximum atomic E-state index is 11.7. The van der Waals surface area contributed by atoms with E-state index in [4.69, 9.17) is 9.90 Å². The quantitative estimate of drug-likeness (QED) is 0.817. The molecule has 0 atom stereocenters. The SMILES string of the molecule is O=C(O)C(F)(F)F.O=C1CCCN1c1ccc(N2CC3(CCNC3)C2)cc1. The fraction of sp³-hybridized carbons (Fsp3) is 0.556. The third-order valence-corrected chi connectivity index (χ3v) is 5.23. The molecule has 9 heteroatoms. The van der Waals surface area contributed by atoms with E-state index in [-0.39, 0.29) is 5.91 Å². The standard InChI is InChI=1S/C16H21N3O.C2HF3O2/c20-15-2-1-9-19(15)14-5-3-13(4-6-14)18-11-16(12-18)7-8-17-10-16;3-2(4,5)1(6)7/h3-6,17H,1-2,7-12H2;(H,6,7). The molecule has 0 bridgehead atoms. The number of carboxylic acid groups (broad SMARTS) is 1. The lowest BCUT2D eigenvalue weighted by Gasteiger charge is -2.49. The summed E-state index contributed by atoms with van der Waals surface area (Å²) in [6.45, 7) is 5.55. The van der Waals surface area contributed by atoms with Crippen molar-refractivity contribution in [2.24, 2.45) is 5.41 Å². The van der Waals surface area contributed by atoms with Gasteiger partial charge in [-0.15, -0.1) is 0 Å². The van der Waals surface area contributed by atoms with Gasteiger partial charge in [0.1, 0.15) is 0 Å². The van der Waals surface area contributed by atoms with Crippen LogP contribution in [0.1, 0.15) is 19.3 Å². The Morgan fingerprint density at radius 1 is 1.15 bits per heavy atom. The van der Waals surface area contributed by atoms with Crippen LogP contribution >= 0.6 is 0 Å². The van der Waals surface area contributed by atoms with Crippen LogP contribution in [0.25, 0.3) is 0 Å². The number of hydrogen-bond acceptors (Lipinski definition) is 4. The number of nitrogens with one attached hydrogen (secondary N) is 1. The molecule has 0 radical (unpaired) electrons. The molecule has 1 aromatic rings. The van der Waals surface area contributed by atoms with Gasteiger partial charge >= 0.3 is 12.1 Å². The van der Waals surface area contributed by atoms with Gasteiger partial charge in [0.2, 0.25) is 5.91 Å². The largest absolute Gasteiger partial charge is 0.490 e. The zero-order valence-electron chi connectivity index (χ0n) is 14.8. The third-order valence-electron chi connectivity index (χ3n) is 5.23. The summed E-state index contributed by atoms with van der Waals surface area (Å²) in [5.41, 5.74) is 2.87. The Labute approximate surface area is 154 Å². The fourth-order valence-electron chi connectivity index (χ4n) is 3.78. The van der Waals surface area contributed by atoms with E-state index >= 15 is 0 Å². The zero-order chi connectivity index (χ0) is 19.7. The highest BCUT2D eigenvalue weighted by atomic mass is 19.4. The van der Waals surface area contributed by atoms with E-state index in [2.05, 4.69) is 34.5 Å². The van der Waals surface area contributed by atoms with Crippen molar-refractivity contribution in [2.45, 2.75) is 25.4 Å². The normalized spacial score (nSPS) is 21.1. The van der Waals surface area contributed by atoms with Gasteiger partial charge in [-0.05, 0) is 43.7 Å². The van der Waals surface area contributed by atoms with Crippen molar-refractivity contribution >= 4 is 23.3 Å². The lowest BCUT2D eigenvalue weighted by atomic mass is 9.79. The molecule has 0 aliphatic carbocycles. The van der Waals surface area contributed by atoms with Gasteiger partial charge < -0.3 is 20.2 Å². The Morgan fingerprint density at radius 3 is 2.19 bits per heavy atom. The van der Waals surface area contributed by atoms with Gasteiger partial charge in [0.15, 0.2) is 0 Å². The number of amides is 1. The summed E-state index contributed by atoms with van der Waals surface area (Å²) >= 11 is 0. The Balaban J connectivity index is 0.000000260. The smallest absolute Gasteiger partial charge is 0.475 e. The highest BCUT2D eigenvalue weighted by Gasteiger charge is 2.44. The molecular formula is C18H22F3N3O3. The van der Waals surface area contributed by atoms with Crippen LogP contribution in [0.3, 0.4) is 0 Å². The second-order valence-corrected chi connectivity index (χ2v) is 7.25. The number of anilines is 2. The lowest BCUT2D eigenvalue weighted by Crippen LogP contribution is -2.57. The number of nitrogens with zero attached hydrogens (tertiary/aromatic N) is 2. The molecule has 2 N–H and O–H groups in total. The van der Waals surface area contributed by atoms with Crippen LogP contribution in [0.4, 0.5) is 24.5 Å². The van der Waals surface area contributed by atoms with Gasteiger partial charge in [0.25, 0.3) is 0 Å². The highest BCUT2D eigenvalue weighted by Crippen LogP contribution is 2.39. The summed E-state index contributed by atoms with van der Waals surface area (Å²) in [7, 11) is 0. The minimum atomic E-state index is -5.08. The van der Waals surface area contributed by atoms with E-state index in [1.807, 2.05) is 4.90 Å². The summed E-state index contributed by atoms with van der Waals surface area (Å²) < 4.78 is 31.7. The Hall–Kier alpha value is -2.29. The van der Waals surface area contributed by atoms with Gasteiger partial charge in [0.05, 0.1) is 0 Å². The number of carboxylic acids is 1. The molecule has 0 aromatic heterocycles. The van der Waals surface area contributed by atoms with Crippen LogP contribution < -0.4 is 15.1 Å². The molecule has 3 aliphatic rings. The van der Waals surface area contributed by atoms with Gasteiger partial charge in [-0.25, -0.2) is 4.79 Å². The van der Waals surface area contributed by atoms with Crippen molar-refractivity contribution in [1.29, 1.82) is 0 Å². The first-order valence-corrected chi connectivity index (χ1v) is 8.86. The summed E-state index contributed by atoms with van der Waals surface area (Å²) in [4.78, 5) is 25.0. The van der Waals surface area contributed by atoms with Gasteiger partial charge in [-0.1, -0.05) is 0 Å². The summed E-state index contributed by atoms with van der Waals surface area (Å²) in [5.74, 6) is -2.50. The fourth-order valence-corrected chi connectivity index (χ4v) is 3.78. The first kappa shape index (κ1) is 19.5. The topological polar surface area (TPSA) is 72.9 Å². The number of hydrogen-bond donors (Lipinski definition) is 2. The average Bonchev–Trinajstić information content (AvgIpc) is 3.22. The molecule has 148 valence electrons. The van der Waals surface area contributed by atoms with E-state index in [0.29, 0.717) is 11.8 Å². The maximum absolute atomic E-state index is 11.7. The second-order valence-electron chi connectivity index (χ2n) is 7.25. The molecule has 3 saturated heterocycles. The van der Waals surface area contributed by atoms with Crippen molar-refractivity contribution in [3.8, 4) is 0 Å². The molecule has 3 aliphatic heterocycles. The lowest BCUT2D eigenvalue weighted by molar-refractivity contribution is -0.192. The van der Waals surface area contributed by atoms with Crippen LogP contribution in [-0.2, 0) is 9.59 Å². The predicted octanol–water partition coefficient (Wildman–Crippen LogP) is 2.25. The average molecular weight is 385 g/mol. The van der Waals surface area contributed by atoms with E-state index < -0.39 is 12.1 Å². The van der Waals surface area contributed by atoms with Crippen molar-refractivity contribution in [1.82, 2.24) is 5.32 Å². The van der Waals surface area contributed by atoms with Crippen LogP contribution in [0.15, 0.2) is 24.3 Å². The van der Waals surface area contributed by atoms with Crippen molar-refractivity contribution < 1.29 is 27.9 Å².